The fraction of sp³-hybridized carbons (Fsp3) is 0.500. The van der Waals surface area contributed by atoms with Crippen molar-refractivity contribution in [2.24, 2.45) is 0 Å². The quantitative estimate of drug-likeness (QED) is 0.865. The van der Waals surface area contributed by atoms with Crippen molar-refractivity contribution in [1.82, 2.24) is 5.32 Å². The maximum absolute atomic E-state index is 12.0. The molecular formula is C14H19ClN2O3. The van der Waals surface area contributed by atoms with Crippen molar-refractivity contribution in [2.75, 3.05) is 31.6 Å². The first kappa shape index (κ1) is 15.1. The number of hydrogen-bond acceptors (Lipinski definition) is 4. The Kier molecular flexibility index (Phi) is 5.23. The van der Waals surface area contributed by atoms with E-state index in [0.717, 1.165) is 43.0 Å². The topological polar surface area (TPSA) is 59.6 Å². The number of nitrogens with one attached hydrogen (secondary N) is 2. The molecule has 1 aromatic carbocycles. The molecule has 0 aliphatic carbocycles. The van der Waals surface area contributed by atoms with E-state index in [2.05, 4.69) is 10.6 Å². The average Bonchev–Trinajstić information content (AvgIpc) is 2.48. The van der Waals surface area contributed by atoms with Gasteiger partial charge in [-0.3, -0.25) is 4.79 Å². The minimum Gasteiger partial charge on any atom is -0.493 e. The van der Waals surface area contributed by atoms with Gasteiger partial charge in [0.1, 0.15) is 11.9 Å². The van der Waals surface area contributed by atoms with Gasteiger partial charge in [-0.15, -0.1) is 12.4 Å². The first-order valence-electron chi connectivity index (χ1n) is 6.72. The summed E-state index contributed by atoms with van der Waals surface area (Å²) in [4.78, 5) is 12.0. The van der Waals surface area contributed by atoms with Crippen LogP contribution in [0.5, 0.6) is 5.75 Å². The number of fused-ring (bicyclic) bond motifs is 1. The summed E-state index contributed by atoms with van der Waals surface area (Å²) in [5, 5.41) is 6.05. The zero-order valence-electron chi connectivity index (χ0n) is 11.2. The Morgan fingerprint density at radius 3 is 3.05 bits per heavy atom. The Balaban J connectivity index is 0.00000147. The molecule has 2 aliphatic heterocycles. The molecule has 1 unspecified atom stereocenters. The lowest BCUT2D eigenvalue weighted by molar-refractivity contribution is -0.128. The third-order valence-corrected chi connectivity index (χ3v) is 3.40. The summed E-state index contributed by atoms with van der Waals surface area (Å²) >= 11 is 0. The SMILES string of the molecule is Cl.O=C(Nc1ccc2c(c1)CCCO2)C1CNCCO1. The van der Waals surface area contributed by atoms with E-state index in [0.29, 0.717) is 13.2 Å². The van der Waals surface area contributed by atoms with Crippen molar-refractivity contribution in [3.8, 4) is 5.75 Å². The lowest BCUT2D eigenvalue weighted by Crippen LogP contribution is -2.45. The lowest BCUT2D eigenvalue weighted by atomic mass is 10.1. The highest BCUT2D eigenvalue weighted by Crippen LogP contribution is 2.27. The smallest absolute Gasteiger partial charge is 0.254 e. The molecule has 20 heavy (non-hydrogen) atoms. The highest BCUT2D eigenvalue weighted by atomic mass is 35.5. The second-order valence-electron chi connectivity index (χ2n) is 4.83. The largest absolute Gasteiger partial charge is 0.493 e. The molecule has 110 valence electrons. The van der Waals surface area contributed by atoms with Gasteiger partial charge < -0.3 is 20.1 Å². The molecule has 6 heteroatoms. The fourth-order valence-electron chi connectivity index (χ4n) is 2.39. The third-order valence-electron chi connectivity index (χ3n) is 3.40. The van der Waals surface area contributed by atoms with Gasteiger partial charge in [-0.1, -0.05) is 0 Å². The van der Waals surface area contributed by atoms with Crippen molar-refractivity contribution in [2.45, 2.75) is 18.9 Å². The van der Waals surface area contributed by atoms with Crippen molar-refractivity contribution in [1.29, 1.82) is 0 Å². The molecule has 0 saturated carbocycles. The maximum atomic E-state index is 12.0. The number of carbonyl (C=O) groups is 1. The van der Waals surface area contributed by atoms with Crippen LogP contribution in [0.2, 0.25) is 0 Å². The number of anilines is 1. The molecule has 2 N–H and O–H groups in total. The second kappa shape index (κ2) is 6.92. The molecular weight excluding hydrogens is 280 g/mol. The van der Waals surface area contributed by atoms with Gasteiger partial charge in [0.15, 0.2) is 0 Å². The number of morpholine rings is 1. The zero-order chi connectivity index (χ0) is 13.1. The van der Waals surface area contributed by atoms with Crippen LogP contribution in [0.3, 0.4) is 0 Å². The zero-order valence-corrected chi connectivity index (χ0v) is 12.0. The molecule has 0 spiro atoms. The van der Waals surface area contributed by atoms with E-state index >= 15 is 0 Å². The van der Waals surface area contributed by atoms with Crippen LogP contribution in [-0.2, 0) is 16.0 Å². The van der Waals surface area contributed by atoms with E-state index in [1.54, 1.807) is 0 Å². The van der Waals surface area contributed by atoms with E-state index in [-0.39, 0.29) is 18.3 Å². The number of hydrogen-bond donors (Lipinski definition) is 2. The first-order chi connectivity index (χ1) is 9.33. The summed E-state index contributed by atoms with van der Waals surface area (Å²) < 4.78 is 11.0. The molecule has 2 aliphatic rings. The van der Waals surface area contributed by atoms with Gasteiger partial charge >= 0.3 is 0 Å². The van der Waals surface area contributed by atoms with Gasteiger partial charge in [0.05, 0.1) is 13.2 Å². The molecule has 0 bridgehead atoms. The van der Waals surface area contributed by atoms with Gasteiger partial charge in [0, 0.05) is 18.8 Å². The molecule has 1 amide bonds. The van der Waals surface area contributed by atoms with Crippen LogP contribution in [0.25, 0.3) is 0 Å². The van der Waals surface area contributed by atoms with E-state index in [1.165, 1.54) is 0 Å². The summed E-state index contributed by atoms with van der Waals surface area (Å²) in [6, 6.07) is 5.78. The Morgan fingerprint density at radius 2 is 2.25 bits per heavy atom. The molecule has 1 aromatic rings. The second-order valence-corrected chi connectivity index (χ2v) is 4.83. The number of carbonyl (C=O) groups excluding carboxylic acids is 1. The Morgan fingerprint density at radius 1 is 1.35 bits per heavy atom. The Labute approximate surface area is 124 Å². The summed E-state index contributed by atoms with van der Waals surface area (Å²) in [5.41, 5.74) is 1.97. The summed E-state index contributed by atoms with van der Waals surface area (Å²) in [7, 11) is 0. The van der Waals surface area contributed by atoms with Crippen molar-refractivity contribution >= 4 is 24.0 Å². The highest BCUT2D eigenvalue weighted by molar-refractivity contribution is 5.94. The van der Waals surface area contributed by atoms with Crippen molar-refractivity contribution in [3.05, 3.63) is 23.8 Å². The molecule has 1 saturated heterocycles. The number of rotatable bonds is 2. The monoisotopic (exact) mass is 298 g/mol. The van der Waals surface area contributed by atoms with Crippen molar-refractivity contribution < 1.29 is 14.3 Å². The predicted octanol–water partition coefficient (Wildman–Crippen LogP) is 1.36. The maximum Gasteiger partial charge on any atom is 0.254 e. The molecule has 5 nitrogen and oxygen atoms in total. The Bertz CT molecular complexity index is 475. The van der Waals surface area contributed by atoms with Crippen LogP contribution in [0.1, 0.15) is 12.0 Å². The molecule has 0 radical (unpaired) electrons. The number of aryl methyl sites for hydroxylation is 1. The average molecular weight is 299 g/mol. The molecule has 2 heterocycles. The molecule has 0 aromatic heterocycles. The van der Waals surface area contributed by atoms with Gasteiger partial charge in [-0.05, 0) is 36.6 Å². The summed E-state index contributed by atoms with van der Waals surface area (Å²) in [6.45, 7) is 2.73. The van der Waals surface area contributed by atoms with E-state index in [4.69, 9.17) is 9.47 Å². The molecule has 1 fully saturated rings. The van der Waals surface area contributed by atoms with E-state index in [1.807, 2.05) is 18.2 Å². The van der Waals surface area contributed by atoms with Crippen LogP contribution in [0.4, 0.5) is 5.69 Å². The lowest BCUT2D eigenvalue weighted by Gasteiger charge is -2.23. The van der Waals surface area contributed by atoms with Gasteiger partial charge in [0.25, 0.3) is 5.91 Å². The number of benzene rings is 1. The van der Waals surface area contributed by atoms with Crippen LogP contribution in [0.15, 0.2) is 18.2 Å². The standard InChI is InChI=1S/C14H18N2O3.ClH/c17-14(13-9-15-5-7-19-13)16-11-3-4-12-10(8-11)2-1-6-18-12;/h3-4,8,13,15H,1-2,5-7,9H2,(H,16,17);1H. The fourth-order valence-corrected chi connectivity index (χ4v) is 2.39. The van der Waals surface area contributed by atoms with Crippen LogP contribution < -0.4 is 15.4 Å². The minimum atomic E-state index is -0.402. The predicted molar refractivity (Wildman–Crippen MR) is 78.7 cm³/mol. The van der Waals surface area contributed by atoms with Crippen LogP contribution in [-0.4, -0.2) is 38.3 Å². The highest BCUT2D eigenvalue weighted by Gasteiger charge is 2.22. The minimum absolute atomic E-state index is 0. The first-order valence-corrected chi connectivity index (χ1v) is 6.72. The van der Waals surface area contributed by atoms with Crippen molar-refractivity contribution in [3.63, 3.8) is 0 Å². The molecule has 1 atom stereocenters. The number of ether oxygens (including phenoxy) is 2. The van der Waals surface area contributed by atoms with Gasteiger partial charge in [0.2, 0.25) is 0 Å². The van der Waals surface area contributed by atoms with Gasteiger partial charge in [-0.2, -0.15) is 0 Å². The summed E-state index contributed by atoms with van der Waals surface area (Å²) in [5.74, 6) is 0.837. The van der Waals surface area contributed by atoms with E-state index < -0.39 is 6.10 Å². The number of halogens is 1. The third kappa shape index (κ3) is 3.42. The summed E-state index contributed by atoms with van der Waals surface area (Å²) in [6.07, 6.45) is 1.63. The van der Waals surface area contributed by atoms with Crippen LogP contribution >= 0.6 is 12.4 Å². The van der Waals surface area contributed by atoms with E-state index in [9.17, 15) is 4.79 Å². The van der Waals surface area contributed by atoms with Gasteiger partial charge in [-0.25, -0.2) is 0 Å². The normalized spacial score (nSPS) is 21.1. The molecule has 3 rings (SSSR count). The Hall–Kier alpha value is -1.30. The van der Waals surface area contributed by atoms with Crippen LogP contribution in [0, 0.1) is 0 Å². The number of amides is 1.